The van der Waals surface area contributed by atoms with Crippen molar-refractivity contribution in [1.29, 1.82) is 0 Å². The van der Waals surface area contributed by atoms with Gasteiger partial charge in [0.25, 0.3) is 5.91 Å². The van der Waals surface area contributed by atoms with Gasteiger partial charge in [0.15, 0.2) is 23.0 Å². The van der Waals surface area contributed by atoms with E-state index in [2.05, 4.69) is 20.6 Å². The van der Waals surface area contributed by atoms with Crippen LogP contribution in [-0.4, -0.2) is 60.3 Å². The molecule has 0 radical (unpaired) electrons. The number of aromatic nitrogens is 2. The summed E-state index contributed by atoms with van der Waals surface area (Å²) in [5.41, 5.74) is 5.53. The largest absolute Gasteiger partial charge is 0.489 e. The summed E-state index contributed by atoms with van der Waals surface area (Å²) in [6.45, 7) is 2.68. The van der Waals surface area contributed by atoms with Crippen molar-refractivity contribution < 1.29 is 19.1 Å². The molecular weight excluding hydrogens is 388 g/mol. The van der Waals surface area contributed by atoms with Crippen molar-refractivity contribution in [2.75, 3.05) is 31.2 Å². The van der Waals surface area contributed by atoms with Crippen molar-refractivity contribution >= 4 is 17.8 Å². The first-order valence-electron chi connectivity index (χ1n) is 9.90. The molecule has 0 saturated carbocycles. The molecule has 3 amide bonds. The van der Waals surface area contributed by atoms with Gasteiger partial charge >= 0.3 is 6.03 Å². The first-order chi connectivity index (χ1) is 14.6. The molecule has 10 heteroatoms. The SMILES string of the molecule is NC(=O)N(C(=O)c1ncccc1OC[C@H]1CCN1)c1ncccc1OC[C@@H]1CCN1. The molecule has 10 nitrogen and oxygen atoms in total. The fraction of sp³-hybridized carbons (Fsp3) is 0.400. The van der Waals surface area contributed by atoms with Gasteiger partial charge in [-0.3, -0.25) is 4.79 Å². The molecule has 2 saturated heterocycles. The third kappa shape index (κ3) is 4.34. The van der Waals surface area contributed by atoms with E-state index in [1.54, 1.807) is 24.3 Å². The molecule has 2 aliphatic heterocycles. The molecule has 4 rings (SSSR count). The van der Waals surface area contributed by atoms with Crippen LogP contribution in [0.3, 0.4) is 0 Å². The summed E-state index contributed by atoms with van der Waals surface area (Å²) in [7, 11) is 0. The lowest BCUT2D eigenvalue weighted by atomic mass is 10.1. The summed E-state index contributed by atoms with van der Waals surface area (Å²) in [4.78, 5) is 34.6. The number of nitrogens with two attached hydrogens (primary N) is 1. The Labute approximate surface area is 173 Å². The van der Waals surface area contributed by atoms with Crippen LogP contribution in [0.4, 0.5) is 10.6 Å². The van der Waals surface area contributed by atoms with Crippen LogP contribution in [0.1, 0.15) is 23.3 Å². The van der Waals surface area contributed by atoms with Crippen LogP contribution in [0.5, 0.6) is 11.5 Å². The number of nitrogens with one attached hydrogen (secondary N) is 2. The van der Waals surface area contributed by atoms with Gasteiger partial charge in [0, 0.05) is 24.5 Å². The summed E-state index contributed by atoms with van der Waals surface area (Å²) >= 11 is 0. The van der Waals surface area contributed by atoms with Crippen LogP contribution in [-0.2, 0) is 0 Å². The normalized spacial score (nSPS) is 19.9. The summed E-state index contributed by atoms with van der Waals surface area (Å²) in [6.07, 6.45) is 4.92. The average molecular weight is 412 g/mol. The van der Waals surface area contributed by atoms with E-state index in [0.717, 1.165) is 30.8 Å². The number of amides is 3. The topological polar surface area (TPSA) is 132 Å². The summed E-state index contributed by atoms with van der Waals surface area (Å²) in [6, 6.07) is 6.08. The lowest BCUT2D eigenvalue weighted by Crippen LogP contribution is -2.47. The number of imide groups is 1. The van der Waals surface area contributed by atoms with Crippen molar-refractivity contribution in [3.8, 4) is 11.5 Å². The van der Waals surface area contributed by atoms with Gasteiger partial charge in [-0.2, -0.15) is 0 Å². The van der Waals surface area contributed by atoms with E-state index in [0.29, 0.717) is 13.2 Å². The zero-order valence-corrected chi connectivity index (χ0v) is 16.4. The number of hydrogen-bond donors (Lipinski definition) is 3. The van der Waals surface area contributed by atoms with Crippen LogP contribution >= 0.6 is 0 Å². The Morgan fingerprint density at radius 1 is 1.00 bits per heavy atom. The van der Waals surface area contributed by atoms with E-state index in [-0.39, 0.29) is 35.1 Å². The first-order valence-corrected chi connectivity index (χ1v) is 9.90. The number of rotatable bonds is 8. The number of anilines is 1. The quantitative estimate of drug-likeness (QED) is 0.577. The van der Waals surface area contributed by atoms with Crippen molar-refractivity contribution in [2.45, 2.75) is 24.9 Å². The zero-order valence-electron chi connectivity index (χ0n) is 16.4. The molecule has 4 heterocycles. The summed E-state index contributed by atoms with van der Waals surface area (Å²) in [5.74, 6) is -0.147. The molecule has 0 unspecified atom stereocenters. The second kappa shape index (κ2) is 9.06. The molecule has 2 aliphatic rings. The van der Waals surface area contributed by atoms with Crippen LogP contribution in [0.2, 0.25) is 0 Å². The Balaban J connectivity index is 1.57. The van der Waals surface area contributed by atoms with Crippen molar-refractivity contribution in [1.82, 2.24) is 20.6 Å². The van der Waals surface area contributed by atoms with E-state index >= 15 is 0 Å². The Hall–Kier alpha value is -3.24. The monoisotopic (exact) mass is 412 g/mol. The number of ether oxygens (including phenoxy) is 2. The predicted octanol–water partition coefficient (Wildman–Crippen LogP) is 0.683. The van der Waals surface area contributed by atoms with Crippen LogP contribution < -0.4 is 30.7 Å². The number of hydrogen-bond acceptors (Lipinski definition) is 8. The Morgan fingerprint density at radius 3 is 2.13 bits per heavy atom. The minimum absolute atomic E-state index is 0.0200. The lowest BCUT2D eigenvalue weighted by molar-refractivity contribution is 0.0982. The van der Waals surface area contributed by atoms with Crippen molar-refractivity contribution in [3.05, 3.63) is 42.4 Å². The molecule has 4 N–H and O–H groups in total. The van der Waals surface area contributed by atoms with Gasteiger partial charge < -0.3 is 25.8 Å². The molecule has 30 heavy (non-hydrogen) atoms. The van der Waals surface area contributed by atoms with Crippen molar-refractivity contribution in [3.63, 3.8) is 0 Å². The van der Waals surface area contributed by atoms with Gasteiger partial charge in [-0.15, -0.1) is 0 Å². The Bertz CT molecular complexity index is 916. The van der Waals surface area contributed by atoms with Crippen molar-refractivity contribution in [2.24, 2.45) is 5.73 Å². The zero-order chi connectivity index (χ0) is 20.9. The molecule has 0 aromatic carbocycles. The maximum Gasteiger partial charge on any atom is 0.327 e. The molecular formula is C20H24N6O4. The summed E-state index contributed by atoms with van der Waals surface area (Å²) in [5, 5.41) is 6.45. The average Bonchev–Trinajstić information content (AvgIpc) is 2.67. The number of nitrogens with zero attached hydrogens (tertiary/aromatic N) is 3. The third-order valence-electron chi connectivity index (χ3n) is 5.09. The second-order valence-electron chi connectivity index (χ2n) is 7.16. The van der Waals surface area contributed by atoms with Gasteiger partial charge in [0.2, 0.25) is 0 Å². The van der Waals surface area contributed by atoms with E-state index in [1.807, 2.05) is 0 Å². The number of urea groups is 1. The van der Waals surface area contributed by atoms with E-state index in [1.165, 1.54) is 12.4 Å². The molecule has 158 valence electrons. The molecule has 2 atom stereocenters. The molecule has 2 aromatic heterocycles. The van der Waals surface area contributed by atoms with Gasteiger partial charge in [0.05, 0.1) is 0 Å². The molecule has 0 spiro atoms. The maximum atomic E-state index is 13.3. The molecule has 2 aromatic rings. The highest BCUT2D eigenvalue weighted by atomic mass is 16.5. The lowest BCUT2D eigenvalue weighted by Gasteiger charge is -2.28. The van der Waals surface area contributed by atoms with Crippen LogP contribution in [0.25, 0.3) is 0 Å². The number of pyridine rings is 2. The number of carbonyl (C=O) groups excluding carboxylic acids is 2. The van der Waals surface area contributed by atoms with Gasteiger partial charge in [0.1, 0.15) is 13.2 Å². The highest BCUT2D eigenvalue weighted by molar-refractivity contribution is 6.20. The number of primary amides is 1. The second-order valence-corrected chi connectivity index (χ2v) is 7.16. The Kier molecular flexibility index (Phi) is 6.05. The molecule has 2 fully saturated rings. The van der Waals surface area contributed by atoms with E-state index < -0.39 is 11.9 Å². The van der Waals surface area contributed by atoms with E-state index in [9.17, 15) is 9.59 Å². The highest BCUT2D eigenvalue weighted by Gasteiger charge is 2.31. The fourth-order valence-corrected chi connectivity index (χ4v) is 3.10. The number of carbonyl (C=O) groups is 2. The Morgan fingerprint density at radius 2 is 1.57 bits per heavy atom. The van der Waals surface area contributed by atoms with Gasteiger partial charge in [-0.1, -0.05) is 0 Å². The van der Waals surface area contributed by atoms with E-state index in [4.69, 9.17) is 15.2 Å². The predicted molar refractivity (Wildman–Crippen MR) is 109 cm³/mol. The first kappa shape index (κ1) is 20.0. The molecule has 0 aliphatic carbocycles. The highest BCUT2D eigenvalue weighted by Crippen LogP contribution is 2.29. The fourth-order valence-electron chi connectivity index (χ4n) is 3.10. The maximum absolute atomic E-state index is 13.3. The molecule has 0 bridgehead atoms. The van der Waals surface area contributed by atoms with Gasteiger partial charge in [-0.05, 0) is 50.2 Å². The standard InChI is InChI=1S/C20H24N6O4/c21-20(28)26(18-16(4-2-8-25-18)30-12-14-6-10-23-14)19(27)17-15(3-1-7-24-17)29-11-13-5-9-22-13/h1-4,7-8,13-14,22-23H,5-6,9-12H2,(H2,21,28)/t13-,14+/m1/s1. The third-order valence-corrected chi connectivity index (χ3v) is 5.09. The van der Waals surface area contributed by atoms with Gasteiger partial charge in [-0.25, -0.2) is 19.7 Å². The minimum atomic E-state index is -0.984. The summed E-state index contributed by atoms with van der Waals surface area (Å²) < 4.78 is 11.6. The smallest absolute Gasteiger partial charge is 0.327 e. The van der Waals surface area contributed by atoms with Crippen LogP contribution in [0.15, 0.2) is 36.7 Å². The minimum Gasteiger partial charge on any atom is -0.489 e. The van der Waals surface area contributed by atoms with Crippen LogP contribution in [0, 0.1) is 0 Å².